The van der Waals surface area contributed by atoms with Crippen LogP contribution in [0, 0.1) is 18.6 Å². The van der Waals surface area contributed by atoms with Crippen molar-refractivity contribution in [1.82, 2.24) is 24.1 Å². The van der Waals surface area contributed by atoms with Crippen molar-refractivity contribution in [2.45, 2.75) is 6.92 Å². The number of hydrogen-bond acceptors (Lipinski definition) is 8. The molecular formula is C21H21F2N7O4S. The quantitative estimate of drug-likeness (QED) is 0.424. The van der Waals surface area contributed by atoms with E-state index in [0.29, 0.717) is 10.7 Å². The molecule has 0 aliphatic carbocycles. The maximum Gasteiger partial charge on any atom is 0.407 e. The lowest BCUT2D eigenvalue weighted by Crippen LogP contribution is -2.37. The molecule has 3 N–H and O–H groups in total. The number of rotatable bonds is 8. The van der Waals surface area contributed by atoms with Crippen molar-refractivity contribution in [1.29, 1.82) is 0 Å². The number of aromatic nitrogens is 3. The van der Waals surface area contributed by atoms with Gasteiger partial charge in [-0.15, -0.1) is 0 Å². The second-order valence-corrected chi connectivity index (χ2v) is 8.17. The second kappa shape index (κ2) is 10.8. The third kappa shape index (κ3) is 6.23. The molecule has 0 aliphatic rings. The zero-order chi connectivity index (χ0) is 25.7. The number of amides is 3. The number of benzene rings is 1. The van der Waals surface area contributed by atoms with Gasteiger partial charge in [-0.2, -0.15) is 4.37 Å². The molecule has 0 bridgehead atoms. The van der Waals surface area contributed by atoms with Crippen LogP contribution in [-0.2, 0) is 0 Å². The van der Waals surface area contributed by atoms with Gasteiger partial charge >= 0.3 is 6.09 Å². The number of aryl methyl sites for hydroxylation is 1. The number of anilines is 3. The predicted octanol–water partition coefficient (Wildman–Crippen LogP) is 3.20. The van der Waals surface area contributed by atoms with Crippen molar-refractivity contribution in [2.75, 3.05) is 37.8 Å². The smallest absolute Gasteiger partial charge is 0.407 e. The number of carbonyl (C=O) groups excluding carboxylic acids is 2. The Bertz CT molecular complexity index is 1250. The second-order valence-electron chi connectivity index (χ2n) is 7.40. The van der Waals surface area contributed by atoms with Crippen LogP contribution in [-0.4, -0.2) is 74.3 Å². The third-order valence-electron chi connectivity index (χ3n) is 4.82. The monoisotopic (exact) mass is 505 g/mol. The minimum Gasteiger partial charge on any atom is -0.465 e. The fourth-order valence-electron chi connectivity index (χ4n) is 2.80. The summed E-state index contributed by atoms with van der Waals surface area (Å²) in [5.74, 6) is -2.91. The Morgan fingerprint density at radius 3 is 2.40 bits per heavy atom. The summed E-state index contributed by atoms with van der Waals surface area (Å²) in [5.41, 5.74) is 0.717. The van der Waals surface area contributed by atoms with Gasteiger partial charge in [0.2, 0.25) is 0 Å². The number of nitrogens with one attached hydrogen (secondary N) is 2. The zero-order valence-electron chi connectivity index (χ0n) is 18.9. The molecule has 0 atom stereocenters. The van der Waals surface area contributed by atoms with E-state index in [1.165, 1.54) is 37.5 Å². The van der Waals surface area contributed by atoms with Gasteiger partial charge in [-0.25, -0.2) is 23.5 Å². The Balaban J connectivity index is 1.68. The lowest BCUT2D eigenvalue weighted by molar-refractivity contribution is 0.0772. The summed E-state index contributed by atoms with van der Waals surface area (Å²) >= 11 is 0.991. The maximum atomic E-state index is 13.5. The fraction of sp³-hybridized carbons (Fsp3) is 0.238. The van der Waals surface area contributed by atoms with Gasteiger partial charge in [-0.3, -0.25) is 9.59 Å². The minimum absolute atomic E-state index is 0.0489. The zero-order valence-corrected chi connectivity index (χ0v) is 19.7. The molecular weight excluding hydrogens is 484 g/mol. The van der Waals surface area contributed by atoms with Gasteiger partial charge in [0.15, 0.2) is 11.6 Å². The molecule has 0 saturated carbocycles. The van der Waals surface area contributed by atoms with Crippen molar-refractivity contribution < 1.29 is 28.3 Å². The molecule has 1 aromatic carbocycles. The van der Waals surface area contributed by atoms with Gasteiger partial charge in [-0.1, -0.05) is 0 Å². The van der Waals surface area contributed by atoms with Crippen LogP contribution in [0.3, 0.4) is 0 Å². The van der Waals surface area contributed by atoms with Crippen LogP contribution in [0.25, 0.3) is 0 Å². The molecule has 0 spiro atoms. The highest BCUT2D eigenvalue weighted by molar-refractivity contribution is 7.10. The van der Waals surface area contributed by atoms with Gasteiger partial charge in [0.1, 0.15) is 16.5 Å². The molecule has 3 rings (SSSR count). The molecule has 35 heavy (non-hydrogen) atoms. The molecule has 0 fully saturated rings. The number of nitrogens with zero attached hydrogens (tertiary/aromatic N) is 5. The molecule has 184 valence electrons. The standard InChI is InChI=1S/C21H21F2N7O4S/c1-11-17(18(31)26-12-4-5-13(22)14(23)8-12)19(35-28-11)27-16-10-24-15(9-25-16)20(32)29(2)6-7-30(3)21(33)34/h4-5,8-10H,6-7H2,1-3H3,(H,25,27)(H,26,31)(H,33,34). The summed E-state index contributed by atoms with van der Waals surface area (Å²) < 4.78 is 30.7. The Morgan fingerprint density at radius 1 is 1.06 bits per heavy atom. The average Bonchev–Trinajstić information content (AvgIpc) is 3.19. The largest absolute Gasteiger partial charge is 0.465 e. The van der Waals surface area contributed by atoms with E-state index in [0.717, 1.165) is 28.6 Å². The molecule has 2 aromatic heterocycles. The fourth-order valence-corrected chi connectivity index (χ4v) is 3.60. The van der Waals surface area contributed by atoms with E-state index in [9.17, 15) is 23.2 Å². The van der Waals surface area contributed by atoms with Gasteiger partial charge in [0.05, 0.1) is 23.7 Å². The first-order valence-corrected chi connectivity index (χ1v) is 10.9. The molecule has 0 unspecified atom stereocenters. The van der Waals surface area contributed by atoms with Crippen LogP contribution in [0.15, 0.2) is 30.6 Å². The van der Waals surface area contributed by atoms with Gasteiger partial charge < -0.3 is 25.5 Å². The molecule has 0 saturated heterocycles. The lowest BCUT2D eigenvalue weighted by atomic mass is 10.2. The number of carbonyl (C=O) groups is 3. The van der Waals surface area contributed by atoms with Gasteiger partial charge in [0.25, 0.3) is 11.8 Å². The molecule has 3 aromatic rings. The van der Waals surface area contributed by atoms with Crippen LogP contribution in [0.1, 0.15) is 26.5 Å². The van der Waals surface area contributed by atoms with E-state index >= 15 is 0 Å². The van der Waals surface area contributed by atoms with Crippen LogP contribution in [0.2, 0.25) is 0 Å². The third-order valence-corrected chi connectivity index (χ3v) is 5.68. The first kappa shape index (κ1) is 25.4. The average molecular weight is 506 g/mol. The lowest BCUT2D eigenvalue weighted by Gasteiger charge is -2.20. The van der Waals surface area contributed by atoms with Crippen molar-refractivity contribution in [3.63, 3.8) is 0 Å². The highest BCUT2D eigenvalue weighted by Gasteiger charge is 2.21. The number of halogens is 2. The summed E-state index contributed by atoms with van der Waals surface area (Å²) in [4.78, 5) is 46.7. The summed E-state index contributed by atoms with van der Waals surface area (Å²) in [6.45, 7) is 1.91. The van der Waals surface area contributed by atoms with E-state index in [4.69, 9.17) is 5.11 Å². The Morgan fingerprint density at radius 2 is 1.77 bits per heavy atom. The van der Waals surface area contributed by atoms with Crippen molar-refractivity contribution in [2.24, 2.45) is 0 Å². The molecule has 11 nitrogen and oxygen atoms in total. The summed E-state index contributed by atoms with van der Waals surface area (Å²) in [5, 5.41) is 14.6. The summed E-state index contributed by atoms with van der Waals surface area (Å²) in [7, 11) is 2.92. The van der Waals surface area contributed by atoms with Crippen LogP contribution in [0.4, 0.5) is 30.1 Å². The topological polar surface area (TPSA) is 141 Å². The van der Waals surface area contributed by atoms with Crippen molar-refractivity contribution >= 4 is 45.9 Å². The molecule has 3 amide bonds. The van der Waals surface area contributed by atoms with E-state index in [2.05, 4.69) is 25.0 Å². The van der Waals surface area contributed by atoms with E-state index in [-0.39, 0.29) is 35.9 Å². The minimum atomic E-state index is -1.10. The van der Waals surface area contributed by atoms with Gasteiger partial charge in [0, 0.05) is 38.9 Å². The van der Waals surface area contributed by atoms with E-state index in [1.54, 1.807) is 6.92 Å². The molecule has 2 heterocycles. The van der Waals surface area contributed by atoms with Crippen LogP contribution < -0.4 is 10.6 Å². The van der Waals surface area contributed by atoms with Crippen LogP contribution in [0.5, 0.6) is 0 Å². The summed E-state index contributed by atoms with van der Waals surface area (Å²) in [6.07, 6.45) is 1.45. The van der Waals surface area contributed by atoms with Crippen molar-refractivity contribution in [3.8, 4) is 0 Å². The van der Waals surface area contributed by atoms with E-state index in [1.807, 2.05) is 0 Å². The highest BCUT2D eigenvalue weighted by atomic mass is 32.1. The number of carboxylic acid groups (broad SMARTS) is 1. The number of likely N-dealkylation sites (N-methyl/N-ethyl adjacent to an activating group) is 2. The molecule has 0 radical (unpaired) electrons. The number of hydrogen-bond donors (Lipinski definition) is 3. The van der Waals surface area contributed by atoms with Crippen LogP contribution >= 0.6 is 11.5 Å². The summed E-state index contributed by atoms with van der Waals surface area (Å²) in [6, 6.07) is 3.01. The Labute approximate surface area is 202 Å². The van der Waals surface area contributed by atoms with E-state index < -0.39 is 29.5 Å². The van der Waals surface area contributed by atoms with Gasteiger partial charge in [-0.05, 0) is 30.6 Å². The Hall–Kier alpha value is -4.20. The molecule has 14 heteroatoms. The van der Waals surface area contributed by atoms with Crippen molar-refractivity contribution in [3.05, 3.63) is 59.2 Å². The normalized spacial score (nSPS) is 10.5. The Kier molecular flexibility index (Phi) is 7.86. The first-order valence-electron chi connectivity index (χ1n) is 10.1. The first-order chi connectivity index (χ1) is 16.6. The molecule has 0 aliphatic heterocycles. The maximum absolute atomic E-state index is 13.5. The highest BCUT2D eigenvalue weighted by Crippen LogP contribution is 2.28. The predicted molar refractivity (Wildman–Crippen MR) is 124 cm³/mol. The SMILES string of the molecule is Cc1nsc(Nc2cnc(C(=O)N(C)CCN(C)C(=O)O)cn2)c1C(=O)Nc1ccc(F)c(F)c1.